The Morgan fingerprint density at radius 1 is 1.19 bits per heavy atom. The Morgan fingerprint density at radius 3 is 2.62 bits per heavy atom. The van der Waals surface area contributed by atoms with Crippen LogP contribution in [0.4, 0.5) is 5.69 Å². The molecular weight excluding hydrogens is 348 g/mol. The normalized spacial score (nSPS) is 16.2. The van der Waals surface area contributed by atoms with Crippen LogP contribution in [-0.2, 0) is 16.1 Å². The molecule has 1 heterocycles. The lowest BCUT2D eigenvalue weighted by Crippen LogP contribution is -2.35. The standard InChI is InChI=1S/C21H25ClN2O2/c1-16(17-5-3-2-4-6-17)13-21(25)23-19-8-7-18(20(22)14-19)15-24-9-11-26-12-10-24/h2-8,14,16H,9-13,15H2,1H3,(H,23,25). The van der Waals surface area contributed by atoms with Gasteiger partial charge in [0.2, 0.25) is 5.91 Å². The van der Waals surface area contributed by atoms with E-state index in [1.807, 2.05) is 36.4 Å². The van der Waals surface area contributed by atoms with Crippen molar-refractivity contribution in [2.45, 2.75) is 25.8 Å². The van der Waals surface area contributed by atoms with Gasteiger partial charge < -0.3 is 10.1 Å². The maximum atomic E-state index is 12.3. The Kier molecular flexibility index (Phi) is 6.67. The SMILES string of the molecule is CC(CC(=O)Nc1ccc(CN2CCOCC2)c(Cl)c1)c1ccccc1. The van der Waals surface area contributed by atoms with Crippen LogP contribution in [-0.4, -0.2) is 37.1 Å². The molecule has 1 unspecified atom stereocenters. The third-order valence-electron chi connectivity index (χ3n) is 4.69. The largest absolute Gasteiger partial charge is 0.379 e. The molecule has 0 spiro atoms. The molecule has 1 fully saturated rings. The second-order valence-corrected chi connectivity index (χ2v) is 7.17. The molecule has 0 bridgehead atoms. The highest BCUT2D eigenvalue weighted by atomic mass is 35.5. The summed E-state index contributed by atoms with van der Waals surface area (Å²) in [6.07, 6.45) is 0.442. The number of nitrogens with zero attached hydrogens (tertiary/aromatic N) is 1. The monoisotopic (exact) mass is 372 g/mol. The highest BCUT2D eigenvalue weighted by Gasteiger charge is 2.14. The molecule has 1 aliphatic rings. The van der Waals surface area contributed by atoms with Gasteiger partial charge in [-0.05, 0) is 29.2 Å². The number of hydrogen-bond donors (Lipinski definition) is 1. The van der Waals surface area contributed by atoms with E-state index < -0.39 is 0 Å². The molecule has 1 saturated heterocycles. The molecule has 1 amide bonds. The summed E-state index contributed by atoms with van der Waals surface area (Å²) in [6, 6.07) is 15.8. The van der Waals surface area contributed by atoms with Crippen LogP contribution < -0.4 is 5.32 Å². The molecule has 4 nitrogen and oxygen atoms in total. The maximum Gasteiger partial charge on any atom is 0.224 e. The summed E-state index contributed by atoms with van der Waals surface area (Å²) in [5.41, 5.74) is 2.98. The van der Waals surface area contributed by atoms with Gasteiger partial charge in [0.1, 0.15) is 0 Å². The summed E-state index contributed by atoms with van der Waals surface area (Å²) in [4.78, 5) is 14.7. The molecule has 0 saturated carbocycles. The average molecular weight is 373 g/mol. The number of halogens is 1. The summed E-state index contributed by atoms with van der Waals surface area (Å²) in [6.45, 7) is 6.25. The van der Waals surface area contributed by atoms with E-state index in [9.17, 15) is 4.79 Å². The van der Waals surface area contributed by atoms with Crippen molar-refractivity contribution < 1.29 is 9.53 Å². The molecule has 0 radical (unpaired) electrons. The van der Waals surface area contributed by atoms with E-state index in [2.05, 4.69) is 29.3 Å². The molecule has 2 aromatic carbocycles. The van der Waals surface area contributed by atoms with Crippen molar-refractivity contribution in [3.8, 4) is 0 Å². The Bertz CT molecular complexity index is 730. The van der Waals surface area contributed by atoms with E-state index >= 15 is 0 Å². The smallest absolute Gasteiger partial charge is 0.224 e. The fourth-order valence-electron chi connectivity index (χ4n) is 3.14. The number of benzene rings is 2. The first kappa shape index (κ1) is 18.9. The third-order valence-corrected chi connectivity index (χ3v) is 5.05. The molecule has 1 N–H and O–H groups in total. The van der Waals surface area contributed by atoms with Crippen LogP contribution in [0.1, 0.15) is 30.4 Å². The minimum Gasteiger partial charge on any atom is -0.379 e. The predicted molar refractivity (Wildman–Crippen MR) is 106 cm³/mol. The fourth-order valence-corrected chi connectivity index (χ4v) is 3.38. The molecule has 3 rings (SSSR count). The highest BCUT2D eigenvalue weighted by Crippen LogP contribution is 2.24. The molecule has 1 atom stereocenters. The first-order valence-corrected chi connectivity index (χ1v) is 9.43. The molecule has 0 aromatic heterocycles. The molecule has 26 heavy (non-hydrogen) atoms. The van der Waals surface area contributed by atoms with E-state index in [1.165, 1.54) is 5.56 Å². The number of morpholine rings is 1. The number of amides is 1. The van der Waals surface area contributed by atoms with E-state index in [0.717, 1.165) is 44.1 Å². The second-order valence-electron chi connectivity index (χ2n) is 6.76. The average Bonchev–Trinajstić information content (AvgIpc) is 2.65. The van der Waals surface area contributed by atoms with Crippen LogP contribution in [0.2, 0.25) is 5.02 Å². The van der Waals surface area contributed by atoms with Gasteiger partial charge in [-0.2, -0.15) is 0 Å². The van der Waals surface area contributed by atoms with Gasteiger partial charge in [0.15, 0.2) is 0 Å². The Balaban J connectivity index is 1.56. The number of ether oxygens (including phenoxy) is 1. The molecular formula is C21H25ClN2O2. The predicted octanol–water partition coefficient (Wildman–Crippen LogP) is 4.30. The van der Waals surface area contributed by atoms with Crippen molar-refractivity contribution in [1.29, 1.82) is 0 Å². The first-order chi connectivity index (χ1) is 12.6. The van der Waals surface area contributed by atoms with Gasteiger partial charge in [-0.15, -0.1) is 0 Å². The molecule has 138 valence electrons. The quantitative estimate of drug-likeness (QED) is 0.821. The summed E-state index contributed by atoms with van der Waals surface area (Å²) in [7, 11) is 0. The Hall–Kier alpha value is -1.88. The zero-order chi connectivity index (χ0) is 18.4. The minimum absolute atomic E-state index is 0.00153. The van der Waals surface area contributed by atoms with E-state index in [1.54, 1.807) is 0 Å². The number of carbonyl (C=O) groups excluding carboxylic acids is 1. The maximum absolute atomic E-state index is 12.3. The van der Waals surface area contributed by atoms with Gasteiger partial charge >= 0.3 is 0 Å². The van der Waals surface area contributed by atoms with Crippen LogP contribution in [0.25, 0.3) is 0 Å². The van der Waals surface area contributed by atoms with Crippen LogP contribution in [0.15, 0.2) is 48.5 Å². The van der Waals surface area contributed by atoms with Crippen LogP contribution in [0, 0.1) is 0 Å². The topological polar surface area (TPSA) is 41.6 Å². The van der Waals surface area contributed by atoms with Gasteiger partial charge in [0, 0.05) is 36.8 Å². The zero-order valence-corrected chi connectivity index (χ0v) is 15.8. The number of hydrogen-bond acceptors (Lipinski definition) is 3. The fraction of sp³-hybridized carbons (Fsp3) is 0.381. The Labute approximate surface area is 160 Å². The van der Waals surface area contributed by atoms with Crippen molar-refractivity contribution in [3.05, 3.63) is 64.7 Å². The van der Waals surface area contributed by atoms with Gasteiger partial charge in [-0.1, -0.05) is 54.9 Å². The first-order valence-electron chi connectivity index (χ1n) is 9.05. The lowest BCUT2D eigenvalue weighted by Gasteiger charge is -2.27. The van der Waals surface area contributed by atoms with Gasteiger partial charge in [-0.25, -0.2) is 0 Å². The number of rotatable bonds is 6. The highest BCUT2D eigenvalue weighted by molar-refractivity contribution is 6.31. The molecule has 5 heteroatoms. The summed E-state index contributed by atoms with van der Waals surface area (Å²) >= 11 is 6.42. The van der Waals surface area contributed by atoms with E-state index in [4.69, 9.17) is 16.3 Å². The molecule has 0 aliphatic carbocycles. The van der Waals surface area contributed by atoms with Crippen molar-refractivity contribution in [1.82, 2.24) is 4.90 Å². The van der Waals surface area contributed by atoms with Crippen LogP contribution in [0.3, 0.4) is 0 Å². The van der Waals surface area contributed by atoms with Gasteiger partial charge in [0.05, 0.1) is 13.2 Å². The molecule has 1 aliphatic heterocycles. The Morgan fingerprint density at radius 2 is 1.92 bits per heavy atom. The van der Waals surface area contributed by atoms with Crippen molar-refractivity contribution in [3.63, 3.8) is 0 Å². The van der Waals surface area contributed by atoms with Crippen molar-refractivity contribution >= 4 is 23.2 Å². The third kappa shape index (κ3) is 5.31. The zero-order valence-electron chi connectivity index (χ0n) is 15.1. The van der Waals surface area contributed by atoms with Crippen LogP contribution >= 0.6 is 11.6 Å². The van der Waals surface area contributed by atoms with Crippen molar-refractivity contribution in [2.24, 2.45) is 0 Å². The number of nitrogens with one attached hydrogen (secondary N) is 1. The summed E-state index contributed by atoms with van der Waals surface area (Å²) < 4.78 is 5.37. The second kappa shape index (κ2) is 9.17. The van der Waals surface area contributed by atoms with Gasteiger partial charge in [0.25, 0.3) is 0 Å². The van der Waals surface area contributed by atoms with E-state index in [-0.39, 0.29) is 11.8 Å². The summed E-state index contributed by atoms with van der Waals surface area (Å²) in [5, 5.41) is 3.64. The van der Waals surface area contributed by atoms with E-state index in [0.29, 0.717) is 11.4 Å². The number of anilines is 1. The van der Waals surface area contributed by atoms with Crippen molar-refractivity contribution in [2.75, 3.05) is 31.6 Å². The summed E-state index contributed by atoms with van der Waals surface area (Å²) in [5.74, 6) is 0.172. The molecule has 2 aromatic rings. The number of carbonyl (C=O) groups is 1. The van der Waals surface area contributed by atoms with Crippen LogP contribution in [0.5, 0.6) is 0 Å². The van der Waals surface area contributed by atoms with Gasteiger partial charge in [-0.3, -0.25) is 9.69 Å². The lowest BCUT2D eigenvalue weighted by molar-refractivity contribution is -0.116. The lowest BCUT2D eigenvalue weighted by atomic mass is 9.97. The minimum atomic E-state index is -0.00153.